The molecule has 0 aromatic heterocycles. The molecule has 0 aliphatic rings. The highest BCUT2D eigenvalue weighted by atomic mass is 19.3. The second kappa shape index (κ2) is 5.18. The highest BCUT2D eigenvalue weighted by Crippen LogP contribution is 2.43. The maximum Gasteiger partial charge on any atom is 0.292 e. The number of ether oxygens (including phenoxy) is 3. The zero-order valence-electron chi connectivity index (χ0n) is 9.92. The number of nitrogens with two attached hydrogens (primary N) is 1. The maximum absolute atomic E-state index is 13.7. The van der Waals surface area contributed by atoms with Crippen LogP contribution in [-0.2, 0) is 5.92 Å². The largest absolute Gasteiger partial charge is 0.496 e. The van der Waals surface area contributed by atoms with E-state index in [0.717, 1.165) is 0 Å². The molecule has 0 saturated carbocycles. The molecule has 0 spiro atoms. The lowest BCUT2D eigenvalue weighted by molar-refractivity contribution is 0.00133. The van der Waals surface area contributed by atoms with Crippen LogP contribution in [0.3, 0.4) is 0 Å². The van der Waals surface area contributed by atoms with Gasteiger partial charge in [0.15, 0.2) is 0 Å². The van der Waals surface area contributed by atoms with Crippen molar-refractivity contribution in [3.63, 3.8) is 0 Å². The molecule has 1 rings (SSSR count). The van der Waals surface area contributed by atoms with Crippen molar-refractivity contribution in [1.29, 1.82) is 0 Å². The third-order valence-electron chi connectivity index (χ3n) is 2.34. The maximum atomic E-state index is 13.7. The summed E-state index contributed by atoms with van der Waals surface area (Å²) in [7, 11) is 4.02. The molecule has 0 bridgehead atoms. The Bertz CT molecular complexity index is 371. The van der Waals surface area contributed by atoms with E-state index < -0.39 is 12.5 Å². The van der Waals surface area contributed by atoms with E-state index in [9.17, 15) is 8.78 Å². The highest BCUT2D eigenvalue weighted by Gasteiger charge is 2.37. The monoisotopic (exact) mass is 247 g/mol. The molecule has 0 unspecified atom stereocenters. The Labute approximate surface area is 98.3 Å². The highest BCUT2D eigenvalue weighted by molar-refractivity contribution is 5.53. The van der Waals surface area contributed by atoms with Crippen molar-refractivity contribution >= 4 is 0 Å². The number of rotatable bonds is 5. The Morgan fingerprint density at radius 3 is 1.82 bits per heavy atom. The van der Waals surface area contributed by atoms with Gasteiger partial charge < -0.3 is 19.9 Å². The Kier molecular flexibility index (Phi) is 4.11. The first-order chi connectivity index (χ1) is 8.00. The van der Waals surface area contributed by atoms with Crippen LogP contribution in [0.1, 0.15) is 5.56 Å². The number of hydrogen-bond acceptors (Lipinski definition) is 4. The molecule has 2 N–H and O–H groups in total. The zero-order valence-corrected chi connectivity index (χ0v) is 9.92. The molecule has 17 heavy (non-hydrogen) atoms. The third kappa shape index (κ3) is 2.58. The summed E-state index contributed by atoms with van der Waals surface area (Å²) in [4.78, 5) is 0. The van der Waals surface area contributed by atoms with Gasteiger partial charge in [-0.3, -0.25) is 0 Å². The summed E-state index contributed by atoms with van der Waals surface area (Å²) in [5, 5.41) is 0. The Hall–Kier alpha value is -1.56. The molecule has 0 atom stereocenters. The van der Waals surface area contributed by atoms with Crippen LogP contribution in [-0.4, -0.2) is 27.9 Å². The van der Waals surface area contributed by atoms with Crippen LogP contribution in [0.4, 0.5) is 8.78 Å². The predicted molar refractivity (Wildman–Crippen MR) is 59.0 cm³/mol. The van der Waals surface area contributed by atoms with Gasteiger partial charge in [0, 0.05) is 12.1 Å². The second-order valence-electron chi connectivity index (χ2n) is 3.32. The third-order valence-corrected chi connectivity index (χ3v) is 2.34. The minimum atomic E-state index is -3.22. The van der Waals surface area contributed by atoms with Crippen molar-refractivity contribution in [1.82, 2.24) is 0 Å². The van der Waals surface area contributed by atoms with Gasteiger partial charge in [-0.2, -0.15) is 8.78 Å². The molecule has 0 heterocycles. The minimum absolute atomic E-state index is 0.0170. The van der Waals surface area contributed by atoms with Crippen molar-refractivity contribution in [2.24, 2.45) is 5.73 Å². The molecular weight excluding hydrogens is 232 g/mol. The van der Waals surface area contributed by atoms with Crippen LogP contribution in [0, 0.1) is 0 Å². The van der Waals surface area contributed by atoms with E-state index in [1.54, 1.807) is 0 Å². The van der Waals surface area contributed by atoms with Crippen molar-refractivity contribution in [2.45, 2.75) is 5.92 Å². The zero-order chi connectivity index (χ0) is 13.1. The van der Waals surface area contributed by atoms with Crippen molar-refractivity contribution in [3.8, 4) is 17.2 Å². The Morgan fingerprint density at radius 1 is 1.06 bits per heavy atom. The van der Waals surface area contributed by atoms with Gasteiger partial charge in [-0.15, -0.1) is 0 Å². The first-order valence-corrected chi connectivity index (χ1v) is 4.88. The molecule has 1 aromatic carbocycles. The van der Waals surface area contributed by atoms with Gasteiger partial charge in [0.05, 0.1) is 27.9 Å². The van der Waals surface area contributed by atoms with E-state index >= 15 is 0 Å². The molecule has 0 saturated heterocycles. The number of hydrogen-bond donors (Lipinski definition) is 1. The average Bonchev–Trinajstić information content (AvgIpc) is 2.36. The standard InChI is InChI=1S/C11H15F2NO3/c1-15-7-4-8(16-2)10(9(5-7)17-3)11(12,13)6-14/h4-5H,6,14H2,1-3H3. The van der Waals surface area contributed by atoms with Crippen LogP contribution >= 0.6 is 0 Å². The molecule has 0 amide bonds. The minimum Gasteiger partial charge on any atom is -0.496 e. The van der Waals surface area contributed by atoms with Gasteiger partial charge in [0.1, 0.15) is 22.8 Å². The molecule has 0 fully saturated rings. The summed E-state index contributed by atoms with van der Waals surface area (Å²) < 4.78 is 42.2. The Morgan fingerprint density at radius 2 is 1.53 bits per heavy atom. The quantitative estimate of drug-likeness (QED) is 0.861. The topological polar surface area (TPSA) is 53.7 Å². The number of methoxy groups -OCH3 is 3. The summed E-state index contributed by atoms with van der Waals surface area (Å²) >= 11 is 0. The van der Waals surface area contributed by atoms with Gasteiger partial charge >= 0.3 is 0 Å². The molecule has 1 aromatic rings. The van der Waals surface area contributed by atoms with E-state index in [1.165, 1.54) is 33.5 Å². The number of alkyl halides is 2. The fourth-order valence-corrected chi connectivity index (χ4v) is 1.47. The summed E-state index contributed by atoms with van der Waals surface area (Å²) in [6.07, 6.45) is 0. The molecule has 96 valence electrons. The normalized spacial score (nSPS) is 11.2. The summed E-state index contributed by atoms with van der Waals surface area (Å²) in [5.41, 5.74) is 4.69. The predicted octanol–water partition coefficient (Wildman–Crippen LogP) is 1.76. The first kappa shape index (κ1) is 13.5. The molecule has 4 nitrogen and oxygen atoms in total. The molecule has 0 radical (unpaired) electrons. The van der Waals surface area contributed by atoms with Crippen molar-refractivity contribution < 1.29 is 23.0 Å². The van der Waals surface area contributed by atoms with E-state index in [-0.39, 0.29) is 17.1 Å². The summed E-state index contributed by atoms with van der Waals surface area (Å²) in [5.74, 6) is -2.88. The smallest absolute Gasteiger partial charge is 0.292 e. The van der Waals surface area contributed by atoms with Crippen molar-refractivity contribution in [2.75, 3.05) is 27.9 Å². The number of halogens is 2. The first-order valence-electron chi connectivity index (χ1n) is 4.88. The van der Waals surface area contributed by atoms with Crippen LogP contribution in [0.5, 0.6) is 17.2 Å². The van der Waals surface area contributed by atoms with E-state index in [4.69, 9.17) is 19.9 Å². The lowest BCUT2D eigenvalue weighted by Gasteiger charge is -2.21. The van der Waals surface area contributed by atoms with Gasteiger partial charge in [0.2, 0.25) is 0 Å². The molecule has 6 heteroatoms. The van der Waals surface area contributed by atoms with Gasteiger partial charge in [0.25, 0.3) is 5.92 Å². The SMILES string of the molecule is COc1cc(OC)c(C(F)(F)CN)c(OC)c1. The summed E-state index contributed by atoms with van der Waals surface area (Å²) in [6.45, 7) is -0.827. The second-order valence-corrected chi connectivity index (χ2v) is 3.32. The summed E-state index contributed by atoms with van der Waals surface area (Å²) in [6, 6.07) is 2.73. The molecule has 0 aliphatic heterocycles. The average molecular weight is 247 g/mol. The van der Waals surface area contributed by atoms with Gasteiger partial charge in [-0.1, -0.05) is 0 Å². The van der Waals surface area contributed by atoms with Gasteiger partial charge in [-0.25, -0.2) is 0 Å². The lowest BCUT2D eigenvalue weighted by Crippen LogP contribution is -2.26. The van der Waals surface area contributed by atoms with E-state index in [2.05, 4.69) is 0 Å². The molecular formula is C11H15F2NO3. The van der Waals surface area contributed by atoms with Crippen LogP contribution in [0.15, 0.2) is 12.1 Å². The Balaban J connectivity index is 3.45. The van der Waals surface area contributed by atoms with Crippen LogP contribution < -0.4 is 19.9 Å². The van der Waals surface area contributed by atoms with Gasteiger partial charge in [-0.05, 0) is 0 Å². The van der Waals surface area contributed by atoms with Crippen molar-refractivity contribution in [3.05, 3.63) is 17.7 Å². The van der Waals surface area contributed by atoms with Crippen LogP contribution in [0.2, 0.25) is 0 Å². The fourth-order valence-electron chi connectivity index (χ4n) is 1.47. The van der Waals surface area contributed by atoms with E-state index in [1.807, 2.05) is 0 Å². The van der Waals surface area contributed by atoms with E-state index in [0.29, 0.717) is 5.75 Å². The van der Waals surface area contributed by atoms with Crippen LogP contribution in [0.25, 0.3) is 0 Å². The fraction of sp³-hybridized carbons (Fsp3) is 0.455. The lowest BCUT2D eigenvalue weighted by atomic mass is 10.1. The molecule has 0 aliphatic carbocycles. The number of benzene rings is 1.